The second kappa shape index (κ2) is 7.44. The van der Waals surface area contributed by atoms with Crippen LogP contribution in [0.1, 0.15) is 35.9 Å². The molecule has 0 aliphatic carbocycles. The van der Waals surface area contributed by atoms with Gasteiger partial charge < -0.3 is 10.1 Å². The molecule has 4 aromatic rings. The number of nitrogens with zero attached hydrogens (tertiary/aromatic N) is 3. The lowest BCUT2D eigenvalue weighted by molar-refractivity contribution is 0.102. The number of thiazole rings is 1. The molecule has 0 fully saturated rings. The number of aromatic nitrogens is 3. The summed E-state index contributed by atoms with van der Waals surface area (Å²) in [6.07, 6.45) is 0. The maximum Gasteiger partial charge on any atom is 0.276 e. The number of rotatable bonds is 5. The Morgan fingerprint density at radius 2 is 1.89 bits per heavy atom. The number of ether oxygens (including phenoxy) is 1. The minimum Gasteiger partial charge on any atom is -0.497 e. The Balaban J connectivity index is 1.66. The zero-order valence-electron chi connectivity index (χ0n) is 15.8. The standard InChI is InChI=1S/C21H20N4O2S/c1-13(2)18-12-17(20(26)22-14-8-10-15(27-3)11-9-14)24-25(18)21-23-16-6-4-5-7-19(16)28-21/h4-13H,1-3H3,(H,22,26). The van der Waals surface area contributed by atoms with Gasteiger partial charge in [0, 0.05) is 5.69 Å². The fourth-order valence-electron chi connectivity index (χ4n) is 2.89. The van der Waals surface area contributed by atoms with E-state index in [2.05, 4.69) is 29.2 Å². The molecule has 1 amide bonds. The summed E-state index contributed by atoms with van der Waals surface area (Å²) in [4.78, 5) is 17.4. The molecule has 142 valence electrons. The van der Waals surface area contributed by atoms with Crippen LogP contribution in [0.4, 0.5) is 5.69 Å². The van der Waals surface area contributed by atoms with Gasteiger partial charge in [-0.15, -0.1) is 0 Å². The highest BCUT2D eigenvalue weighted by atomic mass is 32.1. The van der Waals surface area contributed by atoms with Crippen molar-refractivity contribution in [3.05, 3.63) is 66.0 Å². The van der Waals surface area contributed by atoms with E-state index in [9.17, 15) is 4.79 Å². The van der Waals surface area contributed by atoms with Crippen LogP contribution in [0.3, 0.4) is 0 Å². The first-order valence-corrected chi connectivity index (χ1v) is 9.78. The zero-order chi connectivity index (χ0) is 19.7. The van der Waals surface area contributed by atoms with Crippen LogP contribution in [0.5, 0.6) is 5.75 Å². The Hall–Kier alpha value is -3.19. The number of hydrogen-bond donors (Lipinski definition) is 1. The van der Waals surface area contributed by atoms with E-state index in [-0.39, 0.29) is 11.8 Å². The highest BCUT2D eigenvalue weighted by Gasteiger charge is 2.19. The number of hydrogen-bond acceptors (Lipinski definition) is 5. The molecule has 0 unspecified atom stereocenters. The van der Waals surface area contributed by atoms with Crippen molar-refractivity contribution in [2.24, 2.45) is 0 Å². The van der Waals surface area contributed by atoms with Gasteiger partial charge in [0.2, 0.25) is 5.13 Å². The number of fused-ring (bicyclic) bond motifs is 1. The van der Waals surface area contributed by atoms with E-state index in [0.29, 0.717) is 11.4 Å². The van der Waals surface area contributed by atoms with Crippen LogP contribution in [0.15, 0.2) is 54.6 Å². The van der Waals surface area contributed by atoms with Crippen LogP contribution in [0.2, 0.25) is 0 Å². The van der Waals surface area contributed by atoms with E-state index in [0.717, 1.165) is 26.8 Å². The van der Waals surface area contributed by atoms with Crippen molar-refractivity contribution in [2.45, 2.75) is 19.8 Å². The average Bonchev–Trinajstić information content (AvgIpc) is 3.33. The summed E-state index contributed by atoms with van der Waals surface area (Å²) in [5.41, 5.74) is 2.92. The number of carbonyl (C=O) groups excluding carboxylic acids is 1. The fourth-order valence-corrected chi connectivity index (χ4v) is 3.83. The molecule has 2 aromatic carbocycles. The molecular weight excluding hydrogens is 372 g/mol. The summed E-state index contributed by atoms with van der Waals surface area (Å²) in [6.45, 7) is 4.15. The predicted molar refractivity (Wildman–Crippen MR) is 112 cm³/mol. The topological polar surface area (TPSA) is 69.0 Å². The van der Waals surface area contributed by atoms with Gasteiger partial charge in [0.15, 0.2) is 5.69 Å². The number of methoxy groups -OCH3 is 1. The first-order chi connectivity index (χ1) is 13.5. The SMILES string of the molecule is COc1ccc(NC(=O)c2cc(C(C)C)n(-c3nc4ccccc4s3)n2)cc1. The van der Waals surface area contributed by atoms with Gasteiger partial charge in [-0.2, -0.15) is 5.10 Å². The summed E-state index contributed by atoms with van der Waals surface area (Å²) >= 11 is 1.56. The Kier molecular flexibility index (Phi) is 4.83. The molecule has 0 aliphatic heterocycles. The van der Waals surface area contributed by atoms with Gasteiger partial charge >= 0.3 is 0 Å². The zero-order valence-corrected chi connectivity index (χ0v) is 16.7. The monoisotopic (exact) mass is 392 g/mol. The molecular formula is C21H20N4O2S. The third kappa shape index (κ3) is 3.48. The quantitative estimate of drug-likeness (QED) is 0.526. The molecule has 4 rings (SSSR count). The molecule has 0 atom stereocenters. The van der Waals surface area contributed by atoms with Gasteiger partial charge in [-0.05, 0) is 48.4 Å². The summed E-state index contributed by atoms with van der Waals surface area (Å²) in [5, 5.41) is 8.19. The molecule has 0 saturated heterocycles. The number of para-hydroxylation sites is 1. The molecule has 0 aliphatic rings. The van der Waals surface area contributed by atoms with Gasteiger partial charge in [0.05, 0.1) is 23.0 Å². The van der Waals surface area contributed by atoms with Crippen molar-refractivity contribution < 1.29 is 9.53 Å². The second-order valence-electron chi connectivity index (χ2n) is 6.67. The molecule has 2 heterocycles. The molecule has 7 heteroatoms. The van der Waals surface area contributed by atoms with Crippen molar-refractivity contribution in [2.75, 3.05) is 12.4 Å². The molecule has 0 spiro atoms. The molecule has 1 N–H and O–H groups in total. The van der Waals surface area contributed by atoms with E-state index in [1.165, 1.54) is 0 Å². The van der Waals surface area contributed by atoms with Crippen LogP contribution < -0.4 is 10.1 Å². The van der Waals surface area contributed by atoms with E-state index in [4.69, 9.17) is 4.74 Å². The summed E-state index contributed by atoms with van der Waals surface area (Å²) in [5.74, 6) is 0.675. The second-order valence-corrected chi connectivity index (χ2v) is 7.68. The molecule has 0 bridgehead atoms. The summed E-state index contributed by atoms with van der Waals surface area (Å²) in [6, 6.07) is 17.0. The lowest BCUT2D eigenvalue weighted by Gasteiger charge is -2.06. The number of carbonyl (C=O) groups is 1. The van der Waals surface area contributed by atoms with E-state index in [1.54, 1.807) is 47.4 Å². The van der Waals surface area contributed by atoms with Crippen molar-refractivity contribution >= 4 is 33.1 Å². The Labute approximate surface area is 166 Å². The van der Waals surface area contributed by atoms with Gasteiger partial charge in [-0.25, -0.2) is 9.67 Å². The Morgan fingerprint density at radius 1 is 1.14 bits per heavy atom. The summed E-state index contributed by atoms with van der Waals surface area (Å²) < 4.78 is 8.01. The molecule has 2 aromatic heterocycles. The molecule has 0 radical (unpaired) electrons. The van der Waals surface area contributed by atoms with E-state index < -0.39 is 0 Å². The minimum absolute atomic E-state index is 0.196. The number of nitrogens with one attached hydrogen (secondary N) is 1. The van der Waals surface area contributed by atoms with Gasteiger partial charge in [0.1, 0.15) is 5.75 Å². The third-order valence-electron chi connectivity index (χ3n) is 4.37. The smallest absolute Gasteiger partial charge is 0.276 e. The number of anilines is 1. The Bertz CT molecular complexity index is 1100. The summed E-state index contributed by atoms with van der Waals surface area (Å²) in [7, 11) is 1.61. The highest BCUT2D eigenvalue weighted by molar-refractivity contribution is 7.20. The number of benzene rings is 2. The largest absolute Gasteiger partial charge is 0.497 e. The maximum atomic E-state index is 12.7. The van der Waals surface area contributed by atoms with Crippen LogP contribution in [0, 0.1) is 0 Å². The predicted octanol–water partition coefficient (Wildman–Crippen LogP) is 4.87. The molecule has 0 saturated carbocycles. The Morgan fingerprint density at radius 3 is 2.57 bits per heavy atom. The first kappa shape index (κ1) is 18.2. The normalized spacial score (nSPS) is 11.1. The van der Waals surface area contributed by atoms with E-state index >= 15 is 0 Å². The van der Waals surface area contributed by atoms with Crippen LogP contribution in [-0.4, -0.2) is 27.8 Å². The lowest BCUT2D eigenvalue weighted by atomic mass is 10.1. The van der Waals surface area contributed by atoms with Crippen LogP contribution in [-0.2, 0) is 0 Å². The average molecular weight is 392 g/mol. The van der Waals surface area contributed by atoms with Crippen molar-refractivity contribution in [1.82, 2.24) is 14.8 Å². The van der Waals surface area contributed by atoms with Gasteiger partial charge in [0.25, 0.3) is 5.91 Å². The molecule has 28 heavy (non-hydrogen) atoms. The van der Waals surface area contributed by atoms with Crippen molar-refractivity contribution in [3.63, 3.8) is 0 Å². The van der Waals surface area contributed by atoms with Gasteiger partial charge in [-0.1, -0.05) is 37.3 Å². The molecule has 6 nitrogen and oxygen atoms in total. The van der Waals surface area contributed by atoms with Crippen molar-refractivity contribution in [1.29, 1.82) is 0 Å². The van der Waals surface area contributed by atoms with E-state index in [1.807, 2.05) is 30.3 Å². The van der Waals surface area contributed by atoms with Crippen LogP contribution >= 0.6 is 11.3 Å². The first-order valence-electron chi connectivity index (χ1n) is 8.96. The maximum absolute atomic E-state index is 12.7. The third-order valence-corrected chi connectivity index (χ3v) is 5.38. The number of amides is 1. The minimum atomic E-state index is -0.257. The van der Waals surface area contributed by atoms with Crippen LogP contribution in [0.25, 0.3) is 15.3 Å². The van der Waals surface area contributed by atoms with Gasteiger partial charge in [-0.3, -0.25) is 4.79 Å². The fraction of sp³-hybridized carbons (Fsp3) is 0.190. The highest BCUT2D eigenvalue weighted by Crippen LogP contribution is 2.28. The van der Waals surface area contributed by atoms with Crippen molar-refractivity contribution in [3.8, 4) is 10.9 Å². The lowest BCUT2D eigenvalue weighted by Crippen LogP contribution is -2.13.